The molecule has 1 aliphatic rings. The van der Waals surface area contributed by atoms with Crippen molar-refractivity contribution in [1.82, 2.24) is 0 Å². The van der Waals surface area contributed by atoms with Crippen molar-refractivity contribution in [1.29, 1.82) is 0 Å². The zero-order valence-electron chi connectivity index (χ0n) is 12.1. The molecule has 1 heterocycles. The van der Waals surface area contributed by atoms with Gasteiger partial charge in [0.05, 0.1) is 25.8 Å². The van der Waals surface area contributed by atoms with Crippen molar-refractivity contribution in [3.8, 4) is 0 Å². The summed E-state index contributed by atoms with van der Waals surface area (Å²) in [6.07, 6.45) is 0. The van der Waals surface area contributed by atoms with E-state index in [0.29, 0.717) is 5.71 Å². The van der Waals surface area contributed by atoms with Gasteiger partial charge in [-0.25, -0.2) is 4.79 Å². The van der Waals surface area contributed by atoms with Crippen molar-refractivity contribution in [2.45, 2.75) is 12.8 Å². The van der Waals surface area contributed by atoms with Crippen LogP contribution in [-0.2, 0) is 19.1 Å². The second-order valence-corrected chi connectivity index (χ2v) is 4.61. The van der Waals surface area contributed by atoms with Gasteiger partial charge in [-0.3, -0.25) is 4.79 Å². The van der Waals surface area contributed by atoms with Crippen LogP contribution in [0.2, 0.25) is 0 Å². The number of rotatable bonds is 3. The predicted octanol–water partition coefficient (Wildman–Crippen LogP) is 1.56. The maximum Gasteiger partial charge on any atom is 0.354 e. The average Bonchev–Trinajstić information content (AvgIpc) is 2.53. The Morgan fingerprint density at radius 3 is 2.29 bits per heavy atom. The average molecular weight is 288 g/mol. The molecule has 2 atom stereocenters. The molecule has 0 radical (unpaired) electrons. The highest BCUT2D eigenvalue weighted by Gasteiger charge is 2.41. The van der Waals surface area contributed by atoms with Crippen LogP contribution in [0.4, 0.5) is 0 Å². The third kappa shape index (κ3) is 2.84. The van der Waals surface area contributed by atoms with Gasteiger partial charge in [0.2, 0.25) is 0 Å². The highest BCUT2D eigenvalue weighted by Crippen LogP contribution is 2.32. The molecule has 2 rings (SSSR count). The maximum atomic E-state index is 12.1. The van der Waals surface area contributed by atoms with Gasteiger partial charge in [0.15, 0.2) is 5.71 Å². The van der Waals surface area contributed by atoms with Crippen LogP contribution in [0.25, 0.3) is 0 Å². The smallest absolute Gasteiger partial charge is 0.354 e. The number of ether oxygens (including phenoxy) is 2. The normalized spacial score (nSPS) is 21.1. The summed E-state index contributed by atoms with van der Waals surface area (Å²) in [5.74, 6) is -2.32. The van der Waals surface area contributed by atoms with Gasteiger partial charge in [0.1, 0.15) is 5.92 Å². The Morgan fingerprint density at radius 1 is 1.05 bits per heavy atom. The Balaban J connectivity index is 2.55. The number of nitrogens with zero attached hydrogens (tertiary/aromatic N) is 2. The first kappa shape index (κ1) is 14.9. The number of methoxy groups -OCH3 is 2. The van der Waals surface area contributed by atoms with E-state index >= 15 is 0 Å². The lowest BCUT2D eigenvalue weighted by molar-refractivity contribution is -0.143. The van der Waals surface area contributed by atoms with Crippen molar-refractivity contribution < 1.29 is 19.1 Å². The van der Waals surface area contributed by atoms with Gasteiger partial charge in [0, 0.05) is 0 Å². The van der Waals surface area contributed by atoms with Gasteiger partial charge in [-0.05, 0) is 12.5 Å². The first-order chi connectivity index (χ1) is 10.1. The third-order valence-corrected chi connectivity index (χ3v) is 3.40. The molecule has 6 heteroatoms. The summed E-state index contributed by atoms with van der Waals surface area (Å²) < 4.78 is 9.59. The highest BCUT2D eigenvalue weighted by molar-refractivity contribution is 6.40. The van der Waals surface area contributed by atoms with E-state index in [2.05, 4.69) is 10.2 Å². The topological polar surface area (TPSA) is 77.3 Å². The summed E-state index contributed by atoms with van der Waals surface area (Å²) in [6, 6.07) is 9.18. The lowest BCUT2D eigenvalue weighted by Crippen LogP contribution is -2.39. The molecule has 0 fully saturated rings. The standard InChI is InChI=1S/C15H16N2O4/c1-9-11(14(18)20-2)12(10-7-5-4-6-8-10)13(17-16-9)15(19)21-3/h4-8,11-12H,1-3H3. The first-order valence-electron chi connectivity index (χ1n) is 6.43. The van der Waals surface area contributed by atoms with Crippen molar-refractivity contribution in [2.24, 2.45) is 16.1 Å². The molecule has 6 nitrogen and oxygen atoms in total. The SMILES string of the molecule is COC(=O)C1=NN=C(C)C(C(=O)OC)C1c1ccccc1. The Hall–Kier alpha value is -2.50. The molecule has 0 spiro atoms. The monoisotopic (exact) mass is 288 g/mol. The molecule has 0 bridgehead atoms. The van der Waals surface area contributed by atoms with Crippen LogP contribution in [0, 0.1) is 5.92 Å². The molecule has 21 heavy (non-hydrogen) atoms. The third-order valence-electron chi connectivity index (χ3n) is 3.40. The number of carbonyl (C=O) groups excluding carboxylic acids is 2. The second-order valence-electron chi connectivity index (χ2n) is 4.61. The van der Waals surface area contributed by atoms with Crippen LogP contribution in [-0.4, -0.2) is 37.6 Å². The van der Waals surface area contributed by atoms with E-state index in [1.165, 1.54) is 14.2 Å². The van der Waals surface area contributed by atoms with Crippen LogP contribution in [0.5, 0.6) is 0 Å². The number of benzene rings is 1. The molecule has 0 saturated carbocycles. The van der Waals surface area contributed by atoms with Gasteiger partial charge in [-0.1, -0.05) is 30.3 Å². The van der Waals surface area contributed by atoms with Gasteiger partial charge in [-0.15, -0.1) is 5.10 Å². The van der Waals surface area contributed by atoms with Crippen LogP contribution in [0.1, 0.15) is 18.4 Å². The molecule has 110 valence electrons. The Morgan fingerprint density at radius 2 is 1.71 bits per heavy atom. The van der Waals surface area contributed by atoms with E-state index in [9.17, 15) is 9.59 Å². The predicted molar refractivity (Wildman–Crippen MR) is 77.2 cm³/mol. The number of hydrogen-bond acceptors (Lipinski definition) is 6. The minimum atomic E-state index is -0.691. The summed E-state index contributed by atoms with van der Waals surface area (Å²) in [5, 5.41) is 7.84. The fourth-order valence-electron chi connectivity index (χ4n) is 2.37. The quantitative estimate of drug-likeness (QED) is 0.791. The lowest BCUT2D eigenvalue weighted by Gasteiger charge is -2.27. The van der Waals surface area contributed by atoms with Crippen molar-refractivity contribution >= 4 is 23.4 Å². The zero-order valence-corrected chi connectivity index (χ0v) is 12.1. The van der Waals surface area contributed by atoms with E-state index in [1.807, 2.05) is 30.3 Å². The molecule has 0 aromatic heterocycles. The molecular weight excluding hydrogens is 272 g/mol. The van der Waals surface area contributed by atoms with Crippen LogP contribution >= 0.6 is 0 Å². The molecule has 2 unspecified atom stereocenters. The summed E-state index contributed by atoms with van der Waals surface area (Å²) in [6.45, 7) is 1.69. The van der Waals surface area contributed by atoms with E-state index in [-0.39, 0.29) is 5.71 Å². The molecule has 0 amide bonds. The highest BCUT2D eigenvalue weighted by atomic mass is 16.5. The minimum absolute atomic E-state index is 0.102. The van der Waals surface area contributed by atoms with Gasteiger partial charge < -0.3 is 9.47 Å². The second kappa shape index (κ2) is 6.30. The lowest BCUT2D eigenvalue weighted by atomic mass is 9.79. The van der Waals surface area contributed by atoms with Crippen LogP contribution < -0.4 is 0 Å². The Labute approximate surface area is 122 Å². The Bertz CT molecular complexity index is 607. The Kier molecular flexibility index (Phi) is 4.47. The summed E-state index contributed by atoms with van der Waals surface area (Å²) in [4.78, 5) is 24.0. The van der Waals surface area contributed by atoms with Crippen molar-refractivity contribution in [3.05, 3.63) is 35.9 Å². The van der Waals surface area contributed by atoms with Gasteiger partial charge in [-0.2, -0.15) is 5.10 Å². The number of hydrogen-bond donors (Lipinski definition) is 0. The summed E-state index contributed by atoms with van der Waals surface area (Å²) in [5.41, 5.74) is 1.39. The molecular formula is C15H16N2O4. The van der Waals surface area contributed by atoms with Gasteiger partial charge >= 0.3 is 11.9 Å². The number of esters is 2. The molecule has 1 aromatic carbocycles. The van der Waals surface area contributed by atoms with Gasteiger partial charge in [0.25, 0.3) is 0 Å². The van der Waals surface area contributed by atoms with Crippen LogP contribution in [0.15, 0.2) is 40.5 Å². The van der Waals surface area contributed by atoms with E-state index in [0.717, 1.165) is 5.56 Å². The largest absolute Gasteiger partial charge is 0.468 e. The first-order valence-corrected chi connectivity index (χ1v) is 6.43. The van der Waals surface area contributed by atoms with E-state index in [4.69, 9.17) is 9.47 Å². The maximum absolute atomic E-state index is 12.1. The molecule has 0 saturated heterocycles. The van der Waals surface area contributed by atoms with Crippen molar-refractivity contribution in [3.63, 3.8) is 0 Å². The minimum Gasteiger partial charge on any atom is -0.468 e. The fourth-order valence-corrected chi connectivity index (χ4v) is 2.37. The summed E-state index contributed by atoms with van der Waals surface area (Å²) >= 11 is 0. The van der Waals surface area contributed by atoms with E-state index < -0.39 is 23.8 Å². The number of carbonyl (C=O) groups is 2. The molecule has 0 aliphatic carbocycles. The van der Waals surface area contributed by atoms with Crippen molar-refractivity contribution in [2.75, 3.05) is 14.2 Å². The molecule has 0 N–H and O–H groups in total. The fraction of sp³-hybridized carbons (Fsp3) is 0.333. The molecule has 1 aliphatic heterocycles. The van der Waals surface area contributed by atoms with E-state index in [1.54, 1.807) is 6.92 Å². The molecule has 1 aromatic rings. The summed E-state index contributed by atoms with van der Waals surface area (Å²) in [7, 11) is 2.58. The van der Waals surface area contributed by atoms with Crippen LogP contribution in [0.3, 0.4) is 0 Å². The zero-order chi connectivity index (χ0) is 15.4.